The van der Waals surface area contributed by atoms with Gasteiger partial charge in [-0.05, 0) is 51.9 Å². The number of hydrogen-bond acceptors (Lipinski definition) is 5. The lowest BCUT2D eigenvalue weighted by atomic mass is 9.95. The number of amides is 1. The van der Waals surface area contributed by atoms with E-state index in [0.717, 1.165) is 56.3 Å². The molecule has 2 N–H and O–H groups in total. The van der Waals surface area contributed by atoms with Crippen LogP contribution in [0.25, 0.3) is 0 Å². The zero-order chi connectivity index (χ0) is 21.4. The van der Waals surface area contributed by atoms with E-state index in [1.54, 1.807) is 7.05 Å². The summed E-state index contributed by atoms with van der Waals surface area (Å²) in [5.74, 6) is 2.33. The standard InChI is InChI=1S/C21H37N5O3.HI/c1-15(2)18-12-17(29-25-18)13-24-19(22-6)23-10-9-16-8-7-11-26(14-16)20(27)28-21(3,4)5;/h12,15-16H,7-11,13-14H2,1-6H3,(H2,22,23,24);1H. The Morgan fingerprint density at radius 1 is 1.40 bits per heavy atom. The van der Waals surface area contributed by atoms with Crippen molar-refractivity contribution in [3.05, 3.63) is 17.5 Å². The van der Waals surface area contributed by atoms with Crippen LogP contribution in [0.1, 0.15) is 71.3 Å². The molecule has 172 valence electrons. The van der Waals surface area contributed by atoms with Gasteiger partial charge in [-0.15, -0.1) is 24.0 Å². The van der Waals surface area contributed by atoms with Crippen LogP contribution < -0.4 is 10.6 Å². The molecule has 0 spiro atoms. The van der Waals surface area contributed by atoms with Crippen LogP contribution in [0.4, 0.5) is 4.79 Å². The van der Waals surface area contributed by atoms with E-state index in [2.05, 4.69) is 34.6 Å². The van der Waals surface area contributed by atoms with Crippen molar-refractivity contribution in [2.24, 2.45) is 10.9 Å². The first-order chi connectivity index (χ1) is 13.7. The van der Waals surface area contributed by atoms with Crippen molar-refractivity contribution in [1.29, 1.82) is 0 Å². The number of rotatable bonds is 6. The third-order valence-electron chi connectivity index (χ3n) is 4.84. The summed E-state index contributed by atoms with van der Waals surface area (Å²) in [6, 6.07) is 1.97. The normalized spacial score (nSPS) is 17.5. The highest BCUT2D eigenvalue weighted by Crippen LogP contribution is 2.21. The Bertz CT molecular complexity index is 684. The molecule has 0 saturated carbocycles. The average Bonchev–Trinajstić information content (AvgIpc) is 3.13. The molecule has 0 bridgehead atoms. The maximum Gasteiger partial charge on any atom is 0.410 e. The molecule has 1 amide bonds. The number of ether oxygens (including phenoxy) is 1. The third kappa shape index (κ3) is 9.09. The molecular weight excluding hydrogens is 497 g/mol. The lowest BCUT2D eigenvalue weighted by Crippen LogP contribution is -2.44. The van der Waals surface area contributed by atoms with E-state index in [-0.39, 0.29) is 30.1 Å². The molecular formula is C21H38IN5O3. The van der Waals surface area contributed by atoms with Crippen LogP contribution in [0.15, 0.2) is 15.6 Å². The summed E-state index contributed by atoms with van der Waals surface area (Å²) in [5, 5.41) is 10.7. The van der Waals surface area contributed by atoms with Gasteiger partial charge in [-0.25, -0.2) is 4.79 Å². The number of halogens is 1. The van der Waals surface area contributed by atoms with Gasteiger partial charge in [-0.2, -0.15) is 0 Å². The van der Waals surface area contributed by atoms with Crippen LogP contribution in [-0.4, -0.2) is 54.4 Å². The molecule has 1 aliphatic heterocycles. The molecule has 9 heteroatoms. The summed E-state index contributed by atoms with van der Waals surface area (Å²) < 4.78 is 10.8. The van der Waals surface area contributed by atoms with E-state index in [4.69, 9.17) is 9.26 Å². The van der Waals surface area contributed by atoms with Crippen LogP contribution in [0, 0.1) is 5.92 Å². The maximum absolute atomic E-state index is 12.3. The zero-order valence-electron chi connectivity index (χ0n) is 19.2. The second kappa shape index (κ2) is 12.4. The summed E-state index contributed by atoms with van der Waals surface area (Å²) >= 11 is 0. The second-order valence-corrected chi connectivity index (χ2v) is 8.95. The number of nitrogens with one attached hydrogen (secondary N) is 2. The summed E-state index contributed by atoms with van der Waals surface area (Å²) in [7, 11) is 1.75. The first-order valence-corrected chi connectivity index (χ1v) is 10.6. The molecule has 0 radical (unpaired) electrons. The second-order valence-electron chi connectivity index (χ2n) is 8.95. The van der Waals surface area contributed by atoms with E-state index in [9.17, 15) is 4.79 Å². The van der Waals surface area contributed by atoms with Gasteiger partial charge in [0.25, 0.3) is 0 Å². The average molecular weight is 535 g/mol. The van der Waals surface area contributed by atoms with Crippen molar-refractivity contribution in [1.82, 2.24) is 20.7 Å². The number of hydrogen-bond donors (Lipinski definition) is 2. The van der Waals surface area contributed by atoms with Crippen molar-refractivity contribution in [3.63, 3.8) is 0 Å². The highest BCUT2D eigenvalue weighted by atomic mass is 127. The SMILES string of the molecule is CN=C(NCCC1CCCN(C(=O)OC(C)(C)C)C1)NCc1cc(C(C)C)no1.I. The first kappa shape index (κ1) is 26.5. The molecule has 2 heterocycles. The Balaban J connectivity index is 0.00000450. The minimum absolute atomic E-state index is 0. The number of likely N-dealkylation sites (tertiary alicyclic amines) is 1. The van der Waals surface area contributed by atoms with Gasteiger partial charge in [0.2, 0.25) is 0 Å². The van der Waals surface area contributed by atoms with Gasteiger partial charge in [0.1, 0.15) is 5.60 Å². The fourth-order valence-electron chi connectivity index (χ4n) is 3.26. The summed E-state index contributed by atoms with van der Waals surface area (Å²) in [5.41, 5.74) is 0.500. The fraction of sp³-hybridized carbons (Fsp3) is 0.762. The van der Waals surface area contributed by atoms with Crippen molar-refractivity contribution in [2.45, 2.75) is 71.9 Å². The Morgan fingerprint density at radius 2 is 2.13 bits per heavy atom. The number of carbonyl (C=O) groups excluding carboxylic acids is 1. The van der Waals surface area contributed by atoms with Gasteiger partial charge >= 0.3 is 6.09 Å². The number of piperidine rings is 1. The highest BCUT2D eigenvalue weighted by Gasteiger charge is 2.27. The Hall–Kier alpha value is -1.52. The van der Waals surface area contributed by atoms with Crippen LogP contribution in [0.5, 0.6) is 0 Å². The number of nitrogens with zero attached hydrogens (tertiary/aromatic N) is 3. The van der Waals surface area contributed by atoms with Crippen LogP contribution in [0.2, 0.25) is 0 Å². The third-order valence-corrected chi connectivity index (χ3v) is 4.84. The first-order valence-electron chi connectivity index (χ1n) is 10.6. The topological polar surface area (TPSA) is 92.0 Å². The van der Waals surface area contributed by atoms with E-state index < -0.39 is 5.60 Å². The molecule has 2 rings (SSSR count). The predicted molar refractivity (Wildman–Crippen MR) is 129 cm³/mol. The lowest BCUT2D eigenvalue weighted by molar-refractivity contribution is 0.0162. The van der Waals surface area contributed by atoms with Gasteiger partial charge in [-0.1, -0.05) is 19.0 Å². The minimum Gasteiger partial charge on any atom is -0.444 e. The van der Waals surface area contributed by atoms with Crippen LogP contribution in [-0.2, 0) is 11.3 Å². The molecule has 1 fully saturated rings. The number of aromatic nitrogens is 1. The van der Waals surface area contributed by atoms with Gasteiger partial charge in [-0.3, -0.25) is 4.99 Å². The van der Waals surface area contributed by atoms with Crippen LogP contribution >= 0.6 is 24.0 Å². The Morgan fingerprint density at radius 3 is 2.73 bits per heavy atom. The van der Waals surface area contributed by atoms with Gasteiger partial charge < -0.3 is 24.8 Å². The highest BCUT2D eigenvalue weighted by molar-refractivity contribution is 14.0. The zero-order valence-corrected chi connectivity index (χ0v) is 21.5. The molecule has 1 aromatic heterocycles. The Labute approximate surface area is 197 Å². The van der Waals surface area contributed by atoms with Crippen LogP contribution in [0.3, 0.4) is 0 Å². The number of carbonyl (C=O) groups is 1. The van der Waals surface area contributed by atoms with E-state index in [1.807, 2.05) is 31.7 Å². The molecule has 30 heavy (non-hydrogen) atoms. The number of guanidine groups is 1. The van der Waals surface area contributed by atoms with Gasteiger partial charge in [0.05, 0.1) is 12.2 Å². The molecule has 0 aromatic carbocycles. The molecule has 1 aliphatic rings. The molecule has 1 atom stereocenters. The minimum atomic E-state index is -0.455. The van der Waals surface area contributed by atoms with Gasteiger partial charge in [0, 0.05) is 32.7 Å². The maximum atomic E-state index is 12.3. The van der Waals surface area contributed by atoms with Crippen molar-refractivity contribution >= 4 is 36.0 Å². The summed E-state index contributed by atoms with van der Waals surface area (Å²) in [4.78, 5) is 18.4. The summed E-state index contributed by atoms with van der Waals surface area (Å²) in [6.45, 7) is 12.7. The molecule has 8 nitrogen and oxygen atoms in total. The number of aliphatic imine (C=N–C) groups is 1. The summed E-state index contributed by atoms with van der Waals surface area (Å²) in [6.07, 6.45) is 2.91. The van der Waals surface area contributed by atoms with E-state index in [0.29, 0.717) is 18.4 Å². The molecule has 1 unspecified atom stereocenters. The molecule has 1 saturated heterocycles. The predicted octanol–water partition coefficient (Wildman–Crippen LogP) is 4.12. The van der Waals surface area contributed by atoms with Crippen molar-refractivity contribution in [2.75, 3.05) is 26.7 Å². The van der Waals surface area contributed by atoms with E-state index >= 15 is 0 Å². The quantitative estimate of drug-likeness (QED) is 0.324. The molecule has 1 aromatic rings. The van der Waals surface area contributed by atoms with Crippen molar-refractivity contribution in [3.8, 4) is 0 Å². The molecule has 0 aliphatic carbocycles. The van der Waals surface area contributed by atoms with Crippen molar-refractivity contribution < 1.29 is 14.1 Å². The Kier molecular flexibility index (Phi) is 10.9. The van der Waals surface area contributed by atoms with Gasteiger partial charge in [0.15, 0.2) is 11.7 Å². The lowest BCUT2D eigenvalue weighted by Gasteiger charge is -2.34. The monoisotopic (exact) mass is 535 g/mol. The largest absolute Gasteiger partial charge is 0.444 e. The fourth-order valence-corrected chi connectivity index (χ4v) is 3.26. The smallest absolute Gasteiger partial charge is 0.410 e. The van der Waals surface area contributed by atoms with E-state index in [1.165, 1.54) is 0 Å².